The molecule has 3 heterocycles. The predicted octanol–water partition coefficient (Wildman–Crippen LogP) is 4.35. The molecule has 4 aliphatic carbocycles. The molecule has 1 N–H and O–H groups in total. The molecular weight excluding hydrogens is 454 g/mol. The van der Waals surface area contributed by atoms with Crippen molar-refractivity contribution in [3.63, 3.8) is 0 Å². The fourth-order valence-electron chi connectivity index (χ4n) is 7.04. The third-order valence-electron chi connectivity index (χ3n) is 8.03. The first-order valence-corrected chi connectivity index (χ1v) is 12.3. The number of anilines is 1. The predicted molar refractivity (Wildman–Crippen MR) is 121 cm³/mol. The summed E-state index contributed by atoms with van der Waals surface area (Å²) in [5.41, 5.74) is 3.19. The number of carbonyl (C=O) groups is 1. The molecule has 7 heteroatoms. The van der Waals surface area contributed by atoms with Crippen LogP contribution in [0, 0.1) is 23.2 Å². The zero-order chi connectivity index (χ0) is 21.0. The number of rotatable bonds is 4. The summed E-state index contributed by atoms with van der Waals surface area (Å²) < 4.78 is 0.854. The van der Waals surface area contributed by atoms with Gasteiger partial charge in [0.1, 0.15) is 16.7 Å². The Morgan fingerprint density at radius 2 is 1.84 bits per heavy atom. The minimum absolute atomic E-state index is 0.151. The fraction of sp³-hybridized carbons (Fsp3) is 0.583. The van der Waals surface area contributed by atoms with E-state index >= 15 is 0 Å². The summed E-state index contributed by atoms with van der Waals surface area (Å²) in [6.07, 6.45) is 11.6. The maximum absolute atomic E-state index is 13.5. The van der Waals surface area contributed by atoms with Crippen molar-refractivity contribution in [2.75, 3.05) is 11.9 Å². The Kier molecular flexibility index (Phi) is 4.87. The van der Waals surface area contributed by atoms with Crippen LogP contribution >= 0.6 is 15.9 Å². The SMILES string of the molecule is O=C(Nc1ncnc2c1CCN(Cc1ccc(Br)nc1)C2)C12CC3CC(CC(C3)C1)C2. The van der Waals surface area contributed by atoms with E-state index in [9.17, 15) is 4.79 Å². The van der Waals surface area contributed by atoms with Gasteiger partial charge in [0.05, 0.1) is 11.1 Å². The van der Waals surface area contributed by atoms with Gasteiger partial charge in [0, 0.05) is 31.4 Å². The van der Waals surface area contributed by atoms with Gasteiger partial charge in [0.15, 0.2) is 0 Å². The molecule has 0 radical (unpaired) electrons. The minimum Gasteiger partial charge on any atom is -0.310 e. The van der Waals surface area contributed by atoms with E-state index in [1.807, 2.05) is 12.3 Å². The van der Waals surface area contributed by atoms with Gasteiger partial charge in [-0.05, 0) is 90.3 Å². The number of pyridine rings is 1. The van der Waals surface area contributed by atoms with E-state index in [0.717, 1.165) is 84.7 Å². The van der Waals surface area contributed by atoms with Gasteiger partial charge in [-0.15, -0.1) is 0 Å². The second-order valence-corrected chi connectivity index (χ2v) is 11.1. The van der Waals surface area contributed by atoms with Gasteiger partial charge in [-0.3, -0.25) is 9.69 Å². The first kappa shape index (κ1) is 19.8. The molecule has 0 saturated heterocycles. The summed E-state index contributed by atoms with van der Waals surface area (Å²) >= 11 is 3.39. The lowest BCUT2D eigenvalue weighted by Crippen LogP contribution is -2.52. The van der Waals surface area contributed by atoms with Crippen LogP contribution in [0.2, 0.25) is 0 Å². The number of nitrogens with zero attached hydrogens (tertiary/aromatic N) is 4. The number of nitrogens with one attached hydrogen (secondary N) is 1. The molecule has 1 aliphatic heterocycles. The maximum Gasteiger partial charge on any atom is 0.231 e. The number of fused-ring (bicyclic) bond motifs is 1. The monoisotopic (exact) mass is 481 g/mol. The van der Waals surface area contributed by atoms with Gasteiger partial charge < -0.3 is 5.32 Å². The van der Waals surface area contributed by atoms with E-state index in [1.165, 1.54) is 24.8 Å². The summed E-state index contributed by atoms with van der Waals surface area (Å²) in [5.74, 6) is 3.25. The van der Waals surface area contributed by atoms with Crippen LogP contribution in [0.1, 0.15) is 55.3 Å². The molecule has 6 nitrogen and oxygen atoms in total. The number of carbonyl (C=O) groups excluding carboxylic acids is 1. The molecule has 0 spiro atoms. The van der Waals surface area contributed by atoms with Crippen molar-refractivity contribution < 1.29 is 4.79 Å². The number of amides is 1. The van der Waals surface area contributed by atoms with E-state index in [1.54, 1.807) is 6.33 Å². The second kappa shape index (κ2) is 7.62. The van der Waals surface area contributed by atoms with Crippen LogP contribution in [-0.4, -0.2) is 32.3 Å². The lowest BCUT2D eigenvalue weighted by atomic mass is 9.49. The third kappa shape index (κ3) is 3.69. The van der Waals surface area contributed by atoms with E-state index < -0.39 is 0 Å². The molecule has 0 atom stereocenters. The summed E-state index contributed by atoms with van der Waals surface area (Å²) in [5, 5.41) is 3.27. The molecule has 2 aromatic rings. The smallest absolute Gasteiger partial charge is 0.231 e. The topological polar surface area (TPSA) is 71.0 Å². The van der Waals surface area contributed by atoms with E-state index in [-0.39, 0.29) is 11.3 Å². The Hall–Kier alpha value is -1.86. The van der Waals surface area contributed by atoms with Crippen LogP contribution < -0.4 is 5.32 Å². The van der Waals surface area contributed by atoms with Gasteiger partial charge in [-0.1, -0.05) is 6.07 Å². The summed E-state index contributed by atoms with van der Waals surface area (Å²) in [7, 11) is 0. The highest BCUT2D eigenvalue weighted by molar-refractivity contribution is 9.10. The Morgan fingerprint density at radius 1 is 1.10 bits per heavy atom. The molecule has 4 bridgehead atoms. The van der Waals surface area contributed by atoms with Crippen molar-refractivity contribution >= 4 is 27.7 Å². The number of halogens is 1. The highest BCUT2D eigenvalue weighted by Crippen LogP contribution is 2.60. The summed E-state index contributed by atoms with van der Waals surface area (Å²) in [6.45, 7) is 2.55. The molecule has 1 amide bonds. The lowest BCUT2D eigenvalue weighted by Gasteiger charge is -2.55. The quantitative estimate of drug-likeness (QED) is 0.657. The molecular formula is C24H28BrN5O. The van der Waals surface area contributed by atoms with Crippen molar-refractivity contribution in [2.24, 2.45) is 23.2 Å². The fourth-order valence-corrected chi connectivity index (χ4v) is 7.27. The highest BCUT2D eigenvalue weighted by atomic mass is 79.9. The van der Waals surface area contributed by atoms with Gasteiger partial charge in [-0.25, -0.2) is 15.0 Å². The molecule has 0 unspecified atom stereocenters. The highest BCUT2D eigenvalue weighted by Gasteiger charge is 2.54. The largest absolute Gasteiger partial charge is 0.310 e. The Balaban J connectivity index is 1.17. The van der Waals surface area contributed by atoms with Crippen molar-refractivity contribution in [1.82, 2.24) is 19.9 Å². The van der Waals surface area contributed by atoms with Crippen LogP contribution in [0.25, 0.3) is 0 Å². The first-order chi connectivity index (χ1) is 15.1. The molecule has 4 fully saturated rings. The average Bonchev–Trinajstić information content (AvgIpc) is 2.74. The molecule has 5 aliphatic rings. The van der Waals surface area contributed by atoms with Crippen LogP contribution in [-0.2, 0) is 24.3 Å². The van der Waals surface area contributed by atoms with E-state index in [2.05, 4.69) is 47.2 Å². The molecule has 4 saturated carbocycles. The maximum atomic E-state index is 13.5. The number of hydrogen-bond acceptors (Lipinski definition) is 5. The van der Waals surface area contributed by atoms with Gasteiger partial charge in [0.25, 0.3) is 0 Å². The van der Waals surface area contributed by atoms with Crippen molar-refractivity contribution in [3.05, 3.63) is 46.1 Å². The van der Waals surface area contributed by atoms with Gasteiger partial charge >= 0.3 is 0 Å². The van der Waals surface area contributed by atoms with Crippen molar-refractivity contribution in [1.29, 1.82) is 0 Å². The normalized spacial score (nSPS) is 31.5. The van der Waals surface area contributed by atoms with Crippen molar-refractivity contribution in [3.8, 4) is 0 Å². The number of hydrogen-bond donors (Lipinski definition) is 1. The standard InChI is InChI=1S/C24H28BrN5O/c25-21-2-1-15(11-26-21)12-30-4-3-19-20(13-30)27-14-28-22(19)29-23(31)24-8-16-5-17(9-24)7-18(6-16)10-24/h1-2,11,14,16-18H,3-10,12-13H2,(H,27,28,29,31). The molecule has 0 aromatic carbocycles. The Labute approximate surface area is 191 Å². The average molecular weight is 482 g/mol. The van der Waals surface area contributed by atoms with Crippen LogP contribution in [0.3, 0.4) is 0 Å². The van der Waals surface area contributed by atoms with Gasteiger partial charge in [-0.2, -0.15) is 0 Å². The molecule has 2 aromatic heterocycles. The van der Waals surface area contributed by atoms with Crippen LogP contribution in [0.5, 0.6) is 0 Å². The Morgan fingerprint density at radius 3 is 2.52 bits per heavy atom. The molecule has 162 valence electrons. The van der Waals surface area contributed by atoms with Gasteiger partial charge in [0.2, 0.25) is 5.91 Å². The zero-order valence-electron chi connectivity index (χ0n) is 17.7. The molecule has 31 heavy (non-hydrogen) atoms. The summed E-state index contributed by atoms with van der Waals surface area (Å²) in [6, 6.07) is 4.08. The minimum atomic E-state index is -0.151. The van der Waals surface area contributed by atoms with Crippen LogP contribution in [0.15, 0.2) is 29.3 Å². The Bertz CT molecular complexity index is 972. The number of aromatic nitrogens is 3. The third-order valence-corrected chi connectivity index (χ3v) is 8.50. The first-order valence-electron chi connectivity index (χ1n) is 11.5. The van der Waals surface area contributed by atoms with Crippen LogP contribution in [0.4, 0.5) is 5.82 Å². The van der Waals surface area contributed by atoms with E-state index in [4.69, 9.17) is 0 Å². The summed E-state index contributed by atoms with van der Waals surface area (Å²) in [4.78, 5) is 29.3. The molecule has 7 rings (SSSR count). The van der Waals surface area contributed by atoms with E-state index in [0.29, 0.717) is 0 Å². The zero-order valence-corrected chi connectivity index (χ0v) is 19.3. The lowest BCUT2D eigenvalue weighted by molar-refractivity contribution is -0.140. The second-order valence-electron chi connectivity index (χ2n) is 10.2. The van der Waals surface area contributed by atoms with Crippen molar-refractivity contribution in [2.45, 2.75) is 58.0 Å².